The zero-order valence-corrected chi connectivity index (χ0v) is 17.6. The van der Waals surface area contributed by atoms with Crippen LogP contribution in [0.3, 0.4) is 0 Å². The first kappa shape index (κ1) is 21.0. The van der Waals surface area contributed by atoms with Gasteiger partial charge in [0.1, 0.15) is 5.75 Å². The number of hydrogen-bond donors (Lipinski definition) is 2. The standard InChI is InChI=1S/C21H20ClN3O3S/c1-13-18(11-19(26)24-16-7-4-8-17(10-16)28-2)20(27)25-21(23-13)29-12-14-5-3-6-15(22)9-14/h3-10H,11-12H2,1-2H3,(H,24,26)(H,23,25,27). The minimum Gasteiger partial charge on any atom is -0.497 e. The highest BCUT2D eigenvalue weighted by Gasteiger charge is 2.13. The molecular weight excluding hydrogens is 410 g/mol. The molecule has 0 aliphatic rings. The molecule has 2 N–H and O–H groups in total. The van der Waals surface area contributed by atoms with Crippen molar-refractivity contribution in [3.63, 3.8) is 0 Å². The third kappa shape index (κ3) is 5.85. The van der Waals surface area contributed by atoms with E-state index in [0.717, 1.165) is 5.56 Å². The Hall–Kier alpha value is -2.77. The van der Waals surface area contributed by atoms with Gasteiger partial charge in [0.25, 0.3) is 5.56 Å². The van der Waals surface area contributed by atoms with Crippen molar-refractivity contribution in [3.05, 3.63) is 80.7 Å². The Morgan fingerprint density at radius 3 is 2.76 bits per heavy atom. The average Bonchev–Trinajstić information content (AvgIpc) is 2.69. The van der Waals surface area contributed by atoms with E-state index >= 15 is 0 Å². The number of amides is 1. The zero-order valence-electron chi connectivity index (χ0n) is 16.0. The molecule has 2 aromatic carbocycles. The fourth-order valence-corrected chi connectivity index (χ4v) is 3.77. The summed E-state index contributed by atoms with van der Waals surface area (Å²) in [7, 11) is 1.56. The number of methoxy groups -OCH3 is 1. The van der Waals surface area contributed by atoms with Gasteiger partial charge in [0.05, 0.1) is 13.5 Å². The summed E-state index contributed by atoms with van der Waals surface area (Å²) in [5.41, 5.74) is 2.20. The van der Waals surface area contributed by atoms with Gasteiger partial charge in [-0.25, -0.2) is 4.98 Å². The van der Waals surface area contributed by atoms with E-state index in [-0.39, 0.29) is 17.9 Å². The third-order valence-electron chi connectivity index (χ3n) is 4.16. The van der Waals surface area contributed by atoms with Crippen LogP contribution in [-0.4, -0.2) is 23.0 Å². The Balaban J connectivity index is 1.67. The van der Waals surface area contributed by atoms with Crippen molar-refractivity contribution in [2.24, 2.45) is 0 Å². The van der Waals surface area contributed by atoms with Crippen LogP contribution in [-0.2, 0) is 17.0 Å². The van der Waals surface area contributed by atoms with E-state index in [4.69, 9.17) is 16.3 Å². The molecule has 0 saturated carbocycles. The number of carbonyl (C=O) groups excluding carboxylic acids is 1. The normalized spacial score (nSPS) is 10.6. The first-order chi connectivity index (χ1) is 13.9. The molecule has 150 valence electrons. The second-order valence-electron chi connectivity index (χ2n) is 6.31. The molecule has 0 atom stereocenters. The number of carbonyl (C=O) groups is 1. The lowest BCUT2D eigenvalue weighted by Gasteiger charge is -2.09. The van der Waals surface area contributed by atoms with Gasteiger partial charge < -0.3 is 15.0 Å². The highest BCUT2D eigenvalue weighted by Crippen LogP contribution is 2.21. The topological polar surface area (TPSA) is 84.1 Å². The van der Waals surface area contributed by atoms with Crippen LogP contribution in [0.25, 0.3) is 0 Å². The number of aromatic amines is 1. The molecule has 3 aromatic rings. The van der Waals surface area contributed by atoms with Crippen molar-refractivity contribution in [2.45, 2.75) is 24.3 Å². The van der Waals surface area contributed by atoms with Gasteiger partial charge in [-0.05, 0) is 36.8 Å². The zero-order chi connectivity index (χ0) is 20.8. The molecule has 1 heterocycles. The SMILES string of the molecule is COc1cccc(NC(=O)Cc2c(C)nc(SCc3cccc(Cl)c3)[nH]c2=O)c1. The fraction of sp³-hybridized carbons (Fsp3) is 0.190. The number of nitrogens with zero attached hydrogens (tertiary/aromatic N) is 1. The molecule has 0 spiro atoms. The van der Waals surface area contributed by atoms with Crippen LogP contribution in [0, 0.1) is 6.92 Å². The van der Waals surface area contributed by atoms with Gasteiger partial charge in [0, 0.05) is 33.8 Å². The van der Waals surface area contributed by atoms with E-state index in [1.807, 2.05) is 24.3 Å². The van der Waals surface area contributed by atoms with E-state index < -0.39 is 0 Å². The number of thioether (sulfide) groups is 1. The molecule has 29 heavy (non-hydrogen) atoms. The highest BCUT2D eigenvalue weighted by molar-refractivity contribution is 7.98. The maximum atomic E-state index is 12.5. The van der Waals surface area contributed by atoms with Gasteiger partial charge in [-0.15, -0.1) is 0 Å². The Labute approximate surface area is 177 Å². The first-order valence-electron chi connectivity index (χ1n) is 8.85. The van der Waals surface area contributed by atoms with Gasteiger partial charge >= 0.3 is 0 Å². The fourth-order valence-electron chi connectivity index (χ4n) is 2.71. The monoisotopic (exact) mass is 429 g/mol. The number of H-pyrrole nitrogens is 1. The van der Waals surface area contributed by atoms with Crippen molar-refractivity contribution in [3.8, 4) is 5.75 Å². The minimum atomic E-state index is -0.313. The molecule has 8 heteroatoms. The maximum absolute atomic E-state index is 12.5. The Bertz CT molecular complexity index is 1080. The van der Waals surface area contributed by atoms with Crippen molar-refractivity contribution < 1.29 is 9.53 Å². The molecular formula is C21H20ClN3O3S. The van der Waals surface area contributed by atoms with E-state index in [9.17, 15) is 9.59 Å². The van der Waals surface area contributed by atoms with Gasteiger partial charge in [-0.3, -0.25) is 9.59 Å². The van der Waals surface area contributed by atoms with Crippen LogP contribution >= 0.6 is 23.4 Å². The number of ether oxygens (including phenoxy) is 1. The van der Waals surface area contributed by atoms with Gasteiger partial charge in [-0.2, -0.15) is 0 Å². The first-order valence-corrected chi connectivity index (χ1v) is 10.2. The van der Waals surface area contributed by atoms with E-state index in [1.54, 1.807) is 38.3 Å². The van der Waals surface area contributed by atoms with Crippen molar-refractivity contribution >= 4 is 35.0 Å². The van der Waals surface area contributed by atoms with E-state index in [2.05, 4.69) is 15.3 Å². The van der Waals surface area contributed by atoms with Crippen molar-refractivity contribution in [1.29, 1.82) is 0 Å². The molecule has 0 unspecified atom stereocenters. The summed E-state index contributed by atoms with van der Waals surface area (Å²) in [6, 6.07) is 14.6. The number of aromatic nitrogens is 2. The smallest absolute Gasteiger partial charge is 0.255 e. The molecule has 3 rings (SSSR count). The molecule has 0 bridgehead atoms. The summed E-state index contributed by atoms with van der Waals surface area (Å²) >= 11 is 7.40. The predicted octanol–water partition coefficient (Wildman–Crippen LogP) is 4.21. The largest absolute Gasteiger partial charge is 0.497 e. The summed E-state index contributed by atoms with van der Waals surface area (Å²) in [4.78, 5) is 32.0. The molecule has 0 saturated heterocycles. The number of rotatable bonds is 7. The van der Waals surface area contributed by atoms with Crippen LogP contribution in [0.1, 0.15) is 16.8 Å². The van der Waals surface area contributed by atoms with Crippen molar-refractivity contribution in [1.82, 2.24) is 9.97 Å². The van der Waals surface area contributed by atoms with Gasteiger partial charge in [0.15, 0.2) is 5.16 Å². The summed E-state index contributed by atoms with van der Waals surface area (Å²) in [5.74, 6) is 0.964. The molecule has 1 aromatic heterocycles. The second-order valence-corrected chi connectivity index (χ2v) is 7.71. The third-order valence-corrected chi connectivity index (χ3v) is 5.34. The van der Waals surface area contributed by atoms with E-state index in [0.29, 0.717) is 38.6 Å². The van der Waals surface area contributed by atoms with Gasteiger partial charge in [-0.1, -0.05) is 41.6 Å². The van der Waals surface area contributed by atoms with Gasteiger partial charge in [0.2, 0.25) is 5.91 Å². The lowest BCUT2D eigenvalue weighted by Crippen LogP contribution is -2.23. The van der Waals surface area contributed by atoms with Crippen molar-refractivity contribution in [2.75, 3.05) is 12.4 Å². The second kappa shape index (κ2) is 9.62. The van der Waals surface area contributed by atoms with Crippen LogP contribution in [0.15, 0.2) is 58.5 Å². The molecule has 1 amide bonds. The summed E-state index contributed by atoms with van der Waals surface area (Å²) in [6.07, 6.45) is -0.0649. The number of aryl methyl sites for hydroxylation is 1. The number of hydrogen-bond acceptors (Lipinski definition) is 5. The van der Waals surface area contributed by atoms with Crippen LogP contribution < -0.4 is 15.6 Å². The van der Waals surface area contributed by atoms with Crippen LogP contribution in [0.4, 0.5) is 5.69 Å². The molecule has 0 fully saturated rings. The Kier molecular flexibility index (Phi) is 6.95. The summed E-state index contributed by atoms with van der Waals surface area (Å²) < 4.78 is 5.14. The summed E-state index contributed by atoms with van der Waals surface area (Å²) in [6.45, 7) is 1.73. The lowest BCUT2D eigenvalue weighted by atomic mass is 10.1. The predicted molar refractivity (Wildman–Crippen MR) is 116 cm³/mol. The number of halogens is 1. The number of nitrogens with one attached hydrogen (secondary N) is 2. The quantitative estimate of drug-likeness (QED) is 0.434. The lowest BCUT2D eigenvalue weighted by molar-refractivity contribution is -0.115. The van der Waals surface area contributed by atoms with E-state index in [1.165, 1.54) is 11.8 Å². The maximum Gasteiger partial charge on any atom is 0.255 e. The van der Waals surface area contributed by atoms with Crippen LogP contribution in [0.5, 0.6) is 5.75 Å². The minimum absolute atomic E-state index is 0.0649. The Morgan fingerprint density at radius 2 is 2.03 bits per heavy atom. The number of benzene rings is 2. The Morgan fingerprint density at radius 1 is 1.24 bits per heavy atom. The molecule has 0 radical (unpaired) electrons. The molecule has 0 aliphatic carbocycles. The summed E-state index contributed by atoms with van der Waals surface area (Å²) in [5, 5.41) is 3.94. The average molecular weight is 430 g/mol. The number of anilines is 1. The molecule has 0 aliphatic heterocycles. The molecule has 6 nitrogen and oxygen atoms in total. The van der Waals surface area contributed by atoms with Crippen LogP contribution in [0.2, 0.25) is 5.02 Å². The highest BCUT2D eigenvalue weighted by atomic mass is 35.5.